The van der Waals surface area contributed by atoms with Gasteiger partial charge in [0.15, 0.2) is 0 Å². The predicted molar refractivity (Wildman–Crippen MR) is 114 cm³/mol. The molecule has 1 aliphatic rings. The van der Waals surface area contributed by atoms with E-state index in [9.17, 15) is 0 Å². The average Bonchev–Trinajstić information content (AvgIpc) is 2.98. The summed E-state index contributed by atoms with van der Waals surface area (Å²) in [7, 11) is 0. The lowest BCUT2D eigenvalue weighted by molar-refractivity contribution is 1.58. The molecule has 0 spiro atoms. The van der Waals surface area contributed by atoms with Crippen LogP contribution in [0.25, 0.3) is 50.2 Å². The normalized spacial score (nSPS) is 12.1. The van der Waals surface area contributed by atoms with Crippen LogP contribution >= 0.6 is 11.6 Å². The lowest BCUT2D eigenvalue weighted by Gasteiger charge is -2.10. The highest BCUT2D eigenvalue weighted by Crippen LogP contribution is 2.48. The summed E-state index contributed by atoms with van der Waals surface area (Å²) >= 11 is 6.21. The molecule has 0 atom stereocenters. The molecule has 0 aliphatic heterocycles. The maximum atomic E-state index is 6.21. The molecule has 0 nitrogen and oxygen atoms in total. The number of fused-ring (bicyclic) bond motifs is 3. The van der Waals surface area contributed by atoms with E-state index in [0.29, 0.717) is 0 Å². The van der Waals surface area contributed by atoms with Gasteiger partial charge >= 0.3 is 0 Å². The molecular weight excluding hydrogens is 336 g/mol. The molecule has 4 aromatic carbocycles. The minimum absolute atomic E-state index is 0.764. The highest BCUT2D eigenvalue weighted by atomic mass is 35.5. The third kappa shape index (κ3) is 2.23. The number of halogens is 1. The van der Waals surface area contributed by atoms with E-state index in [2.05, 4.69) is 72.8 Å². The minimum atomic E-state index is 0.764. The molecule has 0 saturated heterocycles. The van der Waals surface area contributed by atoms with E-state index in [-0.39, 0.29) is 0 Å². The molecule has 0 N–H and O–H groups in total. The van der Waals surface area contributed by atoms with Crippen molar-refractivity contribution >= 4 is 28.4 Å². The second kappa shape index (κ2) is 5.86. The standard InChI is InChI=1S/C25H17Cl/c1-2-5-17-14-19(26)11-13-20(17)18-10-12-21-22-8-3-6-16-7-4-9-23(25(16)22)24(21)15-18/h2-15H,1H3. The van der Waals surface area contributed by atoms with Crippen molar-refractivity contribution in [2.45, 2.75) is 6.92 Å². The average molecular weight is 353 g/mol. The summed E-state index contributed by atoms with van der Waals surface area (Å²) in [5.74, 6) is 0. The molecule has 5 rings (SSSR count). The molecule has 0 unspecified atom stereocenters. The maximum Gasteiger partial charge on any atom is 0.0412 e. The van der Waals surface area contributed by atoms with Gasteiger partial charge in [-0.1, -0.05) is 78.4 Å². The van der Waals surface area contributed by atoms with Crippen molar-refractivity contribution in [2.24, 2.45) is 0 Å². The van der Waals surface area contributed by atoms with E-state index in [1.165, 1.54) is 44.2 Å². The van der Waals surface area contributed by atoms with E-state index < -0.39 is 0 Å². The first-order chi connectivity index (χ1) is 12.8. The zero-order valence-corrected chi connectivity index (χ0v) is 15.2. The molecule has 0 amide bonds. The van der Waals surface area contributed by atoms with Gasteiger partial charge in [0, 0.05) is 5.02 Å². The largest absolute Gasteiger partial charge is 0.0870 e. The lowest BCUT2D eigenvalue weighted by Crippen LogP contribution is -1.85. The van der Waals surface area contributed by atoms with Gasteiger partial charge in [0.25, 0.3) is 0 Å². The second-order valence-corrected chi connectivity index (χ2v) is 7.14. The van der Waals surface area contributed by atoms with E-state index >= 15 is 0 Å². The summed E-state index contributed by atoms with van der Waals surface area (Å²) in [4.78, 5) is 0. The van der Waals surface area contributed by atoms with Crippen LogP contribution in [0.2, 0.25) is 5.02 Å². The van der Waals surface area contributed by atoms with E-state index in [1.54, 1.807) is 0 Å². The van der Waals surface area contributed by atoms with Crippen LogP contribution in [0.4, 0.5) is 0 Å². The molecule has 0 radical (unpaired) electrons. The summed E-state index contributed by atoms with van der Waals surface area (Å²) in [6.45, 7) is 2.03. The summed E-state index contributed by atoms with van der Waals surface area (Å²) in [6, 6.07) is 26.0. The van der Waals surface area contributed by atoms with E-state index in [4.69, 9.17) is 11.6 Å². The Bertz CT molecular complexity index is 1190. The SMILES string of the molecule is CC=Cc1cc(Cl)ccc1-c1ccc2c(c1)-c1cccc3cccc-2c13. The Kier molecular flexibility index (Phi) is 3.48. The second-order valence-electron chi connectivity index (χ2n) is 6.70. The number of hydrogen-bond donors (Lipinski definition) is 0. The lowest BCUT2D eigenvalue weighted by atomic mass is 9.94. The molecule has 0 saturated carbocycles. The van der Waals surface area contributed by atoms with Gasteiger partial charge in [0.2, 0.25) is 0 Å². The first-order valence-corrected chi connectivity index (χ1v) is 9.23. The van der Waals surface area contributed by atoms with Crippen molar-refractivity contribution < 1.29 is 0 Å². The van der Waals surface area contributed by atoms with Crippen LogP contribution < -0.4 is 0 Å². The zero-order chi connectivity index (χ0) is 17.7. The summed E-state index contributed by atoms with van der Waals surface area (Å²) in [6.07, 6.45) is 4.17. The van der Waals surface area contributed by atoms with Crippen LogP contribution in [-0.4, -0.2) is 0 Å². The van der Waals surface area contributed by atoms with Gasteiger partial charge in [-0.15, -0.1) is 0 Å². The fraction of sp³-hybridized carbons (Fsp3) is 0.0400. The Morgan fingerprint density at radius 3 is 2.19 bits per heavy atom. The molecule has 0 aromatic heterocycles. The predicted octanol–water partition coefficient (Wildman–Crippen LogP) is 7.84. The van der Waals surface area contributed by atoms with E-state index in [1.807, 2.05) is 19.1 Å². The first-order valence-electron chi connectivity index (χ1n) is 8.85. The molecule has 4 aromatic rings. The topological polar surface area (TPSA) is 0 Å². The summed E-state index contributed by atoms with van der Waals surface area (Å²) < 4.78 is 0. The maximum absolute atomic E-state index is 6.21. The van der Waals surface area contributed by atoms with Crippen LogP contribution in [0.3, 0.4) is 0 Å². The zero-order valence-electron chi connectivity index (χ0n) is 14.5. The van der Waals surface area contributed by atoms with Crippen molar-refractivity contribution in [3.63, 3.8) is 0 Å². The molecule has 1 heteroatoms. The molecule has 0 fully saturated rings. The molecule has 124 valence electrons. The number of benzene rings is 4. The Labute approximate surface area is 158 Å². The Hall–Kier alpha value is -2.83. The van der Waals surface area contributed by atoms with Crippen molar-refractivity contribution in [1.82, 2.24) is 0 Å². The summed E-state index contributed by atoms with van der Waals surface area (Å²) in [5, 5.41) is 3.44. The molecule has 0 bridgehead atoms. The highest BCUT2D eigenvalue weighted by Gasteiger charge is 2.21. The van der Waals surface area contributed by atoms with Gasteiger partial charge in [-0.3, -0.25) is 0 Å². The van der Waals surface area contributed by atoms with Gasteiger partial charge in [-0.2, -0.15) is 0 Å². The van der Waals surface area contributed by atoms with Crippen LogP contribution in [0.5, 0.6) is 0 Å². The van der Waals surface area contributed by atoms with Gasteiger partial charge in [-0.05, 0) is 74.8 Å². The quantitative estimate of drug-likeness (QED) is 0.303. The first kappa shape index (κ1) is 15.4. The van der Waals surface area contributed by atoms with Crippen molar-refractivity contribution in [1.29, 1.82) is 0 Å². The Morgan fingerprint density at radius 2 is 1.42 bits per heavy atom. The fourth-order valence-electron chi connectivity index (χ4n) is 4.07. The van der Waals surface area contributed by atoms with Crippen molar-refractivity contribution in [2.75, 3.05) is 0 Å². The van der Waals surface area contributed by atoms with Crippen molar-refractivity contribution in [3.8, 4) is 33.4 Å². The smallest absolute Gasteiger partial charge is 0.0412 e. The number of rotatable bonds is 2. The third-order valence-electron chi connectivity index (χ3n) is 5.18. The van der Waals surface area contributed by atoms with Gasteiger partial charge in [-0.25, -0.2) is 0 Å². The minimum Gasteiger partial charge on any atom is -0.0870 e. The van der Waals surface area contributed by atoms with Crippen molar-refractivity contribution in [3.05, 3.63) is 89.5 Å². The molecular formula is C25H17Cl. The third-order valence-corrected chi connectivity index (χ3v) is 5.41. The molecule has 26 heavy (non-hydrogen) atoms. The van der Waals surface area contributed by atoms with Crippen LogP contribution in [0.1, 0.15) is 12.5 Å². The van der Waals surface area contributed by atoms with Gasteiger partial charge < -0.3 is 0 Å². The Morgan fingerprint density at radius 1 is 0.692 bits per heavy atom. The van der Waals surface area contributed by atoms with Crippen LogP contribution in [-0.2, 0) is 0 Å². The van der Waals surface area contributed by atoms with Crippen LogP contribution in [0.15, 0.2) is 78.9 Å². The Balaban J connectivity index is 1.76. The fourth-order valence-corrected chi connectivity index (χ4v) is 4.25. The summed E-state index contributed by atoms with van der Waals surface area (Å²) in [5.41, 5.74) is 8.88. The van der Waals surface area contributed by atoms with Crippen LogP contribution in [0, 0.1) is 0 Å². The van der Waals surface area contributed by atoms with E-state index in [0.717, 1.165) is 10.6 Å². The molecule has 0 heterocycles. The monoisotopic (exact) mass is 352 g/mol. The number of allylic oxidation sites excluding steroid dienone is 1. The highest BCUT2D eigenvalue weighted by molar-refractivity contribution is 6.30. The van der Waals surface area contributed by atoms with Gasteiger partial charge in [0.05, 0.1) is 0 Å². The number of hydrogen-bond acceptors (Lipinski definition) is 0. The van der Waals surface area contributed by atoms with Gasteiger partial charge in [0.1, 0.15) is 0 Å². The molecule has 1 aliphatic carbocycles.